The zero-order valence-corrected chi connectivity index (χ0v) is 8.22. The van der Waals surface area contributed by atoms with Crippen LogP contribution in [0.25, 0.3) is 0 Å². The second-order valence-electron chi connectivity index (χ2n) is 2.64. The molecule has 0 aromatic carbocycles. The van der Waals surface area contributed by atoms with Gasteiger partial charge in [-0.15, -0.1) is 0 Å². The first kappa shape index (κ1) is 11.4. The molecule has 0 fully saturated rings. The average Bonchev–Trinajstić information content (AvgIpc) is 2.07. The summed E-state index contributed by atoms with van der Waals surface area (Å²) in [5, 5.41) is 0. The summed E-state index contributed by atoms with van der Waals surface area (Å²) in [4.78, 5) is 11.3. The molecule has 0 aliphatic heterocycles. The summed E-state index contributed by atoms with van der Waals surface area (Å²) in [6, 6.07) is 0. The minimum atomic E-state index is 0.119. The lowest BCUT2D eigenvalue weighted by Crippen LogP contribution is -2.11. The van der Waals surface area contributed by atoms with Gasteiger partial charge in [-0.25, -0.2) is 0 Å². The highest BCUT2D eigenvalue weighted by Crippen LogP contribution is 2.01. The minimum Gasteiger partial charge on any atom is -0.373 e. The van der Waals surface area contributed by atoms with Gasteiger partial charge >= 0.3 is 0 Å². The van der Waals surface area contributed by atoms with Gasteiger partial charge < -0.3 is 4.74 Å². The standard InChI is InChI=1S/C10H18O2/c1-4-7-12-8-10(11)9(5-2)6-3/h5H,4,6-8H2,1-3H3. The van der Waals surface area contributed by atoms with Crippen molar-refractivity contribution in [2.24, 2.45) is 0 Å². The molecule has 0 saturated carbocycles. The number of hydrogen-bond donors (Lipinski definition) is 0. The summed E-state index contributed by atoms with van der Waals surface area (Å²) in [7, 11) is 0. The maximum Gasteiger partial charge on any atom is 0.184 e. The molecule has 70 valence electrons. The lowest BCUT2D eigenvalue weighted by Gasteiger charge is -2.03. The van der Waals surface area contributed by atoms with Gasteiger partial charge in [-0.1, -0.05) is 19.9 Å². The molecule has 2 nitrogen and oxygen atoms in total. The first-order valence-corrected chi connectivity index (χ1v) is 4.52. The van der Waals surface area contributed by atoms with Crippen LogP contribution in [0.1, 0.15) is 33.6 Å². The van der Waals surface area contributed by atoms with Crippen LogP contribution in [0, 0.1) is 0 Å². The molecular weight excluding hydrogens is 152 g/mol. The van der Waals surface area contributed by atoms with Crippen molar-refractivity contribution in [2.75, 3.05) is 13.2 Å². The van der Waals surface area contributed by atoms with E-state index in [-0.39, 0.29) is 12.4 Å². The second kappa shape index (κ2) is 7.04. The van der Waals surface area contributed by atoms with E-state index in [1.807, 2.05) is 26.8 Å². The Hall–Kier alpha value is -0.630. The number of carbonyl (C=O) groups is 1. The normalized spacial score (nSPS) is 11.8. The first-order valence-electron chi connectivity index (χ1n) is 4.52. The van der Waals surface area contributed by atoms with Gasteiger partial charge in [-0.2, -0.15) is 0 Å². The van der Waals surface area contributed by atoms with E-state index in [4.69, 9.17) is 4.74 Å². The van der Waals surface area contributed by atoms with Gasteiger partial charge in [0.2, 0.25) is 0 Å². The fourth-order valence-corrected chi connectivity index (χ4v) is 0.964. The fraction of sp³-hybridized carbons (Fsp3) is 0.700. The Bertz CT molecular complexity index is 159. The molecule has 0 aromatic rings. The monoisotopic (exact) mass is 170 g/mol. The summed E-state index contributed by atoms with van der Waals surface area (Å²) in [5.74, 6) is 0.119. The van der Waals surface area contributed by atoms with Crippen LogP contribution in [0.15, 0.2) is 11.6 Å². The number of ether oxygens (including phenoxy) is 1. The van der Waals surface area contributed by atoms with Crippen molar-refractivity contribution >= 4 is 5.78 Å². The van der Waals surface area contributed by atoms with E-state index in [0.29, 0.717) is 6.61 Å². The predicted octanol–water partition coefficient (Wildman–Crippen LogP) is 2.34. The van der Waals surface area contributed by atoms with Crippen LogP contribution < -0.4 is 0 Å². The molecule has 0 amide bonds. The quantitative estimate of drug-likeness (QED) is 0.452. The number of allylic oxidation sites excluding steroid dienone is 1. The van der Waals surface area contributed by atoms with Gasteiger partial charge in [-0.05, 0) is 25.3 Å². The molecule has 0 heterocycles. The van der Waals surface area contributed by atoms with Crippen LogP contribution in [0.5, 0.6) is 0 Å². The Kier molecular flexibility index (Phi) is 6.67. The predicted molar refractivity (Wildman–Crippen MR) is 50.2 cm³/mol. The van der Waals surface area contributed by atoms with Crippen molar-refractivity contribution in [3.8, 4) is 0 Å². The van der Waals surface area contributed by atoms with Crippen LogP contribution in [-0.2, 0) is 9.53 Å². The third kappa shape index (κ3) is 4.29. The van der Waals surface area contributed by atoms with Crippen LogP contribution in [-0.4, -0.2) is 19.0 Å². The van der Waals surface area contributed by atoms with Gasteiger partial charge in [0.05, 0.1) is 0 Å². The summed E-state index contributed by atoms with van der Waals surface area (Å²) in [6.45, 7) is 6.80. The summed E-state index contributed by atoms with van der Waals surface area (Å²) < 4.78 is 5.14. The van der Waals surface area contributed by atoms with E-state index >= 15 is 0 Å². The maximum atomic E-state index is 11.3. The number of carbonyl (C=O) groups excluding carboxylic acids is 1. The highest BCUT2D eigenvalue weighted by atomic mass is 16.5. The van der Waals surface area contributed by atoms with Crippen molar-refractivity contribution in [2.45, 2.75) is 33.6 Å². The molecule has 0 aliphatic rings. The second-order valence-corrected chi connectivity index (χ2v) is 2.64. The molecule has 0 bridgehead atoms. The molecule has 2 heteroatoms. The Balaban J connectivity index is 3.71. The molecule has 0 unspecified atom stereocenters. The Morgan fingerprint density at radius 1 is 1.42 bits per heavy atom. The van der Waals surface area contributed by atoms with Crippen molar-refractivity contribution in [1.29, 1.82) is 0 Å². The highest BCUT2D eigenvalue weighted by Gasteiger charge is 2.05. The molecule has 0 atom stereocenters. The van der Waals surface area contributed by atoms with E-state index in [0.717, 1.165) is 18.4 Å². The molecule has 0 aromatic heterocycles. The summed E-state index contributed by atoms with van der Waals surface area (Å²) >= 11 is 0. The third-order valence-corrected chi connectivity index (χ3v) is 1.67. The molecule has 0 radical (unpaired) electrons. The van der Waals surface area contributed by atoms with Gasteiger partial charge in [0, 0.05) is 6.61 Å². The lowest BCUT2D eigenvalue weighted by molar-refractivity contribution is -0.120. The maximum absolute atomic E-state index is 11.3. The molecular formula is C10H18O2. The highest BCUT2D eigenvalue weighted by molar-refractivity contribution is 5.96. The molecule has 0 aliphatic carbocycles. The topological polar surface area (TPSA) is 26.3 Å². The van der Waals surface area contributed by atoms with Crippen LogP contribution >= 0.6 is 0 Å². The smallest absolute Gasteiger partial charge is 0.184 e. The lowest BCUT2D eigenvalue weighted by atomic mass is 10.1. The minimum absolute atomic E-state index is 0.119. The molecule has 0 N–H and O–H groups in total. The van der Waals surface area contributed by atoms with E-state index < -0.39 is 0 Å². The molecule has 12 heavy (non-hydrogen) atoms. The van der Waals surface area contributed by atoms with Crippen molar-refractivity contribution in [3.05, 3.63) is 11.6 Å². The number of hydrogen-bond acceptors (Lipinski definition) is 2. The van der Waals surface area contributed by atoms with E-state index in [1.54, 1.807) is 0 Å². The van der Waals surface area contributed by atoms with Crippen molar-refractivity contribution < 1.29 is 9.53 Å². The summed E-state index contributed by atoms with van der Waals surface area (Å²) in [6.07, 6.45) is 3.62. The van der Waals surface area contributed by atoms with E-state index in [1.165, 1.54) is 0 Å². The van der Waals surface area contributed by atoms with Crippen LogP contribution in [0.2, 0.25) is 0 Å². The Morgan fingerprint density at radius 2 is 2.08 bits per heavy atom. The summed E-state index contributed by atoms with van der Waals surface area (Å²) in [5.41, 5.74) is 0.867. The largest absolute Gasteiger partial charge is 0.373 e. The van der Waals surface area contributed by atoms with E-state index in [9.17, 15) is 4.79 Å². The van der Waals surface area contributed by atoms with Gasteiger partial charge in [0.15, 0.2) is 5.78 Å². The van der Waals surface area contributed by atoms with Gasteiger partial charge in [0.25, 0.3) is 0 Å². The number of rotatable bonds is 6. The first-order chi connectivity index (χ1) is 5.76. The Labute approximate surface area is 74.6 Å². The van der Waals surface area contributed by atoms with Crippen molar-refractivity contribution in [1.82, 2.24) is 0 Å². The number of ketones is 1. The van der Waals surface area contributed by atoms with Gasteiger partial charge in [-0.3, -0.25) is 4.79 Å². The third-order valence-electron chi connectivity index (χ3n) is 1.67. The SMILES string of the molecule is CC=C(CC)C(=O)COCCC. The van der Waals surface area contributed by atoms with Gasteiger partial charge in [0.1, 0.15) is 6.61 Å². The molecule has 0 saturated heterocycles. The fourth-order valence-electron chi connectivity index (χ4n) is 0.964. The molecule has 0 spiro atoms. The average molecular weight is 170 g/mol. The number of Topliss-reactive ketones (excluding diaryl/α,β-unsaturated/α-hetero) is 1. The Morgan fingerprint density at radius 3 is 2.50 bits per heavy atom. The zero-order chi connectivity index (χ0) is 9.40. The van der Waals surface area contributed by atoms with Crippen LogP contribution in [0.3, 0.4) is 0 Å². The van der Waals surface area contributed by atoms with Crippen molar-refractivity contribution in [3.63, 3.8) is 0 Å². The molecule has 0 rings (SSSR count). The van der Waals surface area contributed by atoms with E-state index in [2.05, 4.69) is 0 Å². The van der Waals surface area contributed by atoms with Crippen LogP contribution in [0.4, 0.5) is 0 Å². The zero-order valence-electron chi connectivity index (χ0n) is 8.22.